The zero-order valence-corrected chi connectivity index (χ0v) is 14.2. The lowest BCUT2D eigenvalue weighted by atomic mass is 9.64. The molecule has 2 fully saturated rings. The third kappa shape index (κ3) is 3.76. The highest BCUT2D eigenvalue weighted by Crippen LogP contribution is 2.43. The van der Waals surface area contributed by atoms with Crippen molar-refractivity contribution in [2.45, 2.75) is 91.3 Å². The molecule has 0 aromatic carbocycles. The van der Waals surface area contributed by atoms with E-state index in [0.29, 0.717) is 24.1 Å². The van der Waals surface area contributed by atoms with Crippen molar-refractivity contribution >= 4 is 0 Å². The molecule has 0 spiro atoms. The van der Waals surface area contributed by atoms with Crippen molar-refractivity contribution in [3.05, 3.63) is 0 Å². The molecule has 2 unspecified atom stereocenters. The molecule has 0 aromatic rings. The lowest BCUT2D eigenvalue weighted by molar-refractivity contribution is -0.126. The first-order chi connectivity index (χ1) is 9.41. The Kier molecular flexibility index (Phi) is 5.53. The molecule has 0 aliphatic heterocycles. The molecule has 20 heavy (non-hydrogen) atoms. The minimum Gasteiger partial charge on any atom is -0.377 e. The largest absolute Gasteiger partial charge is 0.377 e. The molecule has 0 radical (unpaired) electrons. The topological polar surface area (TPSA) is 21.3 Å². The van der Waals surface area contributed by atoms with Gasteiger partial charge in [0, 0.05) is 24.1 Å². The molecule has 2 saturated carbocycles. The summed E-state index contributed by atoms with van der Waals surface area (Å²) in [7, 11) is 0. The van der Waals surface area contributed by atoms with Gasteiger partial charge in [-0.15, -0.1) is 0 Å². The first-order valence-electron chi connectivity index (χ1n) is 8.79. The van der Waals surface area contributed by atoms with E-state index in [1.807, 2.05) is 0 Å². The summed E-state index contributed by atoms with van der Waals surface area (Å²) in [5, 5.41) is 3.91. The first-order valence-corrected chi connectivity index (χ1v) is 8.79. The summed E-state index contributed by atoms with van der Waals surface area (Å²) in [6, 6.07) is 1.31. The van der Waals surface area contributed by atoms with E-state index in [1.54, 1.807) is 0 Å². The highest BCUT2D eigenvalue weighted by Gasteiger charge is 2.49. The molecule has 0 amide bonds. The van der Waals surface area contributed by atoms with Crippen LogP contribution in [-0.4, -0.2) is 24.8 Å². The SMILES string of the molecule is CC(C)COC1CC(N[C@@H](C)C2CCCCC2)C1(C)C. The van der Waals surface area contributed by atoms with Crippen molar-refractivity contribution < 1.29 is 4.74 Å². The monoisotopic (exact) mass is 281 g/mol. The van der Waals surface area contributed by atoms with Gasteiger partial charge >= 0.3 is 0 Å². The molecule has 1 N–H and O–H groups in total. The van der Waals surface area contributed by atoms with Crippen molar-refractivity contribution in [1.29, 1.82) is 0 Å². The molecule has 0 aromatic heterocycles. The summed E-state index contributed by atoms with van der Waals surface area (Å²) in [5.74, 6) is 1.54. The number of hydrogen-bond acceptors (Lipinski definition) is 2. The molecular weight excluding hydrogens is 246 g/mol. The molecule has 0 heterocycles. The summed E-state index contributed by atoms with van der Waals surface area (Å²) in [6.07, 6.45) is 8.81. The van der Waals surface area contributed by atoms with E-state index in [-0.39, 0.29) is 5.41 Å². The summed E-state index contributed by atoms with van der Waals surface area (Å²) >= 11 is 0. The highest BCUT2D eigenvalue weighted by molar-refractivity contribution is 5.04. The quantitative estimate of drug-likeness (QED) is 0.780. The highest BCUT2D eigenvalue weighted by atomic mass is 16.5. The van der Waals surface area contributed by atoms with Gasteiger partial charge in [-0.25, -0.2) is 0 Å². The van der Waals surface area contributed by atoms with Gasteiger partial charge in [0.1, 0.15) is 0 Å². The first kappa shape index (κ1) is 16.3. The minimum atomic E-state index is 0.290. The molecule has 2 aliphatic rings. The van der Waals surface area contributed by atoms with Crippen LogP contribution >= 0.6 is 0 Å². The van der Waals surface area contributed by atoms with Crippen LogP contribution in [0.15, 0.2) is 0 Å². The van der Waals surface area contributed by atoms with Gasteiger partial charge in [0.25, 0.3) is 0 Å². The van der Waals surface area contributed by atoms with Crippen LogP contribution in [0.25, 0.3) is 0 Å². The summed E-state index contributed by atoms with van der Waals surface area (Å²) < 4.78 is 6.07. The van der Waals surface area contributed by atoms with Crippen molar-refractivity contribution in [2.24, 2.45) is 17.3 Å². The molecule has 2 heteroatoms. The molecule has 2 rings (SSSR count). The van der Waals surface area contributed by atoms with Crippen LogP contribution in [0.1, 0.15) is 73.1 Å². The summed E-state index contributed by atoms with van der Waals surface area (Å²) in [4.78, 5) is 0. The number of nitrogens with one attached hydrogen (secondary N) is 1. The van der Waals surface area contributed by atoms with Crippen LogP contribution in [0.4, 0.5) is 0 Å². The second kappa shape index (κ2) is 6.79. The van der Waals surface area contributed by atoms with Gasteiger partial charge in [-0.1, -0.05) is 47.0 Å². The predicted octanol–water partition coefficient (Wildman–Crippen LogP) is 4.38. The second-order valence-electron chi connectivity index (χ2n) is 8.18. The maximum Gasteiger partial charge on any atom is 0.0656 e. The molecular formula is C18H35NO. The Morgan fingerprint density at radius 3 is 2.30 bits per heavy atom. The third-order valence-electron chi connectivity index (χ3n) is 5.63. The molecule has 2 aliphatic carbocycles. The van der Waals surface area contributed by atoms with E-state index in [1.165, 1.54) is 38.5 Å². The van der Waals surface area contributed by atoms with Crippen molar-refractivity contribution in [2.75, 3.05) is 6.61 Å². The Bertz CT molecular complexity index is 294. The minimum absolute atomic E-state index is 0.290. The fraction of sp³-hybridized carbons (Fsp3) is 1.00. The Labute approximate surface area is 126 Å². The van der Waals surface area contributed by atoms with Crippen LogP contribution < -0.4 is 5.32 Å². The molecule has 0 saturated heterocycles. The Hall–Kier alpha value is -0.0800. The zero-order valence-electron chi connectivity index (χ0n) is 14.2. The smallest absolute Gasteiger partial charge is 0.0656 e. The Morgan fingerprint density at radius 1 is 1.10 bits per heavy atom. The van der Waals surface area contributed by atoms with E-state index in [0.717, 1.165) is 12.5 Å². The van der Waals surface area contributed by atoms with E-state index in [2.05, 4.69) is 39.9 Å². The van der Waals surface area contributed by atoms with E-state index >= 15 is 0 Å². The van der Waals surface area contributed by atoms with Gasteiger partial charge in [0.15, 0.2) is 0 Å². The lowest BCUT2D eigenvalue weighted by Crippen LogP contribution is -2.63. The number of ether oxygens (including phenoxy) is 1. The van der Waals surface area contributed by atoms with Crippen molar-refractivity contribution in [3.63, 3.8) is 0 Å². The van der Waals surface area contributed by atoms with Gasteiger partial charge in [-0.05, 0) is 38.0 Å². The standard InChI is InChI=1S/C18H35NO/c1-13(2)12-20-17-11-16(18(17,4)5)19-14(3)15-9-7-6-8-10-15/h13-17,19H,6-12H2,1-5H3/t14-,16?,17?/m0/s1. The maximum absolute atomic E-state index is 6.07. The van der Waals surface area contributed by atoms with Crippen LogP contribution in [0.3, 0.4) is 0 Å². The van der Waals surface area contributed by atoms with E-state index in [9.17, 15) is 0 Å². The van der Waals surface area contributed by atoms with Gasteiger partial charge in [-0.2, -0.15) is 0 Å². The Balaban J connectivity index is 1.76. The van der Waals surface area contributed by atoms with Crippen molar-refractivity contribution in [1.82, 2.24) is 5.32 Å². The van der Waals surface area contributed by atoms with Gasteiger partial charge < -0.3 is 10.1 Å². The fourth-order valence-corrected chi connectivity index (χ4v) is 3.85. The summed E-state index contributed by atoms with van der Waals surface area (Å²) in [5.41, 5.74) is 0.290. The number of rotatable bonds is 6. The van der Waals surface area contributed by atoms with Gasteiger partial charge in [0.05, 0.1) is 6.10 Å². The van der Waals surface area contributed by atoms with E-state index < -0.39 is 0 Å². The Morgan fingerprint density at radius 2 is 1.75 bits per heavy atom. The van der Waals surface area contributed by atoms with E-state index in [4.69, 9.17) is 4.74 Å². The van der Waals surface area contributed by atoms with Crippen LogP contribution in [0, 0.1) is 17.3 Å². The van der Waals surface area contributed by atoms with Gasteiger partial charge in [0.2, 0.25) is 0 Å². The average molecular weight is 281 g/mol. The second-order valence-corrected chi connectivity index (χ2v) is 8.18. The fourth-order valence-electron chi connectivity index (χ4n) is 3.85. The molecule has 3 atom stereocenters. The predicted molar refractivity (Wildman–Crippen MR) is 85.9 cm³/mol. The van der Waals surface area contributed by atoms with Crippen LogP contribution in [-0.2, 0) is 4.74 Å². The van der Waals surface area contributed by atoms with Crippen molar-refractivity contribution in [3.8, 4) is 0 Å². The molecule has 2 nitrogen and oxygen atoms in total. The van der Waals surface area contributed by atoms with Crippen LogP contribution in [0.2, 0.25) is 0 Å². The molecule has 118 valence electrons. The molecule has 0 bridgehead atoms. The average Bonchev–Trinajstić information content (AvgIpc) is 2.42. The zero-order chi connectivity index (χ0) is 14.8. The van der Waals surface area contributed by atoms with Crippen LogP contribution in [0.5, 0.6) is 0 Å². The lowest BCUT2D eigenvalue weighted by Gasteiger charge is -2.53. The number of hydrogen-bond donors (Lipinski definition) is 1. The normalized spacial score (nSPS) is 32.1. The maximum atomic E-state index is 6.07. The summed E-state index contributed by atoms with van der Waals surface area (Å²) in [6.45, 7) is 12.5. The third-order valence-corrected chi connectivity index (χ3v) is 5.63. The van der Waals surface area contributed by atoms with Gasteiger partial charge in [-0.3, -0.25) is 0 Å².